The summed E-state index contributed by atoms with van der Waals surface area (Å²) in [4.78, 5) is 12.2. The second-order valence-electron chi connectivity index (χ2n) is 9.45. The molecule has 0 spiro atoms. The molecule has 0 saturated carbocycles. The highest BCUT2D eigenvalue weighted by Crippen LogP contribution is 2.55. The van der Waals surface area contributed by atoms with Crippen LogP contribution in [0, 0.1) is 13.8 Å². The van der Waals surface area contributed by atoms with E-state index in [1.165, 1.54) is 20.1 Å². The maximum atomic E-state index is 12.2. The summed E-state index contributed by atoms with van der Waals surface area (Å²) < 4.78 is 22.7. The Balaban J connectivity index is 1.90. The molecule has 172 valence electrons. The Bertz CT molecular complexity index is 1000. The fourth-order valence-electron chi connectivity index (χ4n) is 4.87. The first-order valence-corrected chi connectivity index (χ1v) is 10.5. The Morgan fingerprint density at radius 3 is 2.29 bits per heavy atom. The standard InChI is InChI=1S/C24H34O7/c1-12(10-22(6,27)19-14(3)18(28-9)15(4)20(26)29-19)17(25)13(2)11-23(7)21-24(8,31-21)16(5)30-23/h10-11,16-17,21,25,27H,1-9H3/t16-,17+,21-,22-,23-,24-/m0/s1. The van der Waals surface area contributed by atoms with E-state index in [1.54, 1.807) is 20.8 Å². The van der Waals surface area contributed by atoms with Crippen molar-refractivity contribution in [3.05, 3.63) is 50.6 Å². The summed E-state index contributed by atoms with van der Waals surface area (Å²) in [5.41, 5.74) is -1.06. The Kier molecular flexibility index (Phi) is 5.81. The van der Waals surface area contributed by atoms with Gasteiger partial charge in [0.05, 0.1) is 24.9 Å². The van der Waals surface area contributed by atoms with Crippen LogP contribution in [0.15, 0.2) is 32.5 Å². The third-order valence-corrected chi connectivity index (χ3v) is 6.67. The van der Waals surface area contributed by atoms with Crippen molar-refractivity contribution in [2.24, 2.45) is 0 Å². The zero-order valence-corrected chi connectivity index (χ0v) is 19.8. The second-order valence-corrected chi connectivity index (χ2v) is 9.45. The summed E-state index contributed by atoms with van der Waals surface area (Å²) in [5.74, 6) is 0.456. The molecule has 2 N–H and O–H groups in total. The van der Waals surface area contributed by atoms with Gasteiger partial charge < -0.3 is 28.8 Å². The van der Waals surface area contributed by atoms with E-state index in [0.29, 0.717) is 28.0 Å². The van der Waals surface area contributed by atoms with Gasteiger partial charge in [-0.2, -0.15) is 0 Å². The van der Waals surface area contributed by atoms with Crippen molar-refractivity contribution in [1.29, 1.82) is 0 Å². The number of hydrogen-bond donors (Lipinski definition) is 2. The predicted molar refractivity (Wildman–Crippen MR) is 116 cm³/mol. The largest absolute Gasteiger partial charge is 0.496 e. The molecule has 3 heterocycles. The van der Waals surface area contributed by atoms with E-state index >= 15 is 0 Å². The topological polar surface area (TPSA) is 102 Å². The highest BCUT2D eigenvalue weighted by Gasteiger charge is 2.71. The third-order valence-electron chi connectivity index (χ3n) is 6.67. The van der Waals surface area contributed by atoms with Gasteiger partial charge in [-0.15, -0.1) is 0 Å². The van der Waals surface area contributed by atoms with Crippen LogP contribution in [0.3, 0.4) is 0 Å². The molecular weight excluding hydrogens is 400 g/mol. The maximum Gasteiger partial charge on any atom is 0.342 e. The minimum absolute atomic E-state index is 0.0385. The molecule has 7 nitrogen and oxygen atoms in total. The van der Waals surface area contributed by atoms with Gasteiger partial charge in [-0.25, -0.2) is 4.79 Å². The number of aliphatic hydroxyl groups excluding tert-OH is 1. The summed E-state index contributed by atoms with van der Waals surface area (Å²) in [6, 6.07) is 0. The summed E-state index contributed by atoms with van der Waals surface area (Å²) in [6.45, 7) is 14.3. The monoisotopic (exact) mass is 434 g/mol. The van der Waals surface area contributed by atoms with Gasteiger partial charge in [0.15, 0.2) is 0 Å². The van der Waals surface area contributed by atoms with Gasteiger partial charge in [0.1, 0.15) is 34.4 Å². The average Bonchev–Trinajstić information content (AvgIpc) is 3.33. The van der Waals surface area contributed by atoms with Crippen LogP contribution in [-0.4, -0.2) is 46.8 Å². The van der Waals surface area contributed by atoms with Crippen LogP contribution in [0.2, 0.25) is 0 Å². The molecule has 31 heavy (non-hydrogen) atoms. The first kappa shape index (κ1) is 23.7. The van der Waals surface area contributed by atoms with E-state index in [4.69, 9.17) is 18.6 Å². The molecule has 0 amide bonds. The van der Waals surface area contributed by atoms with E-state index in [1.807, 2.05) is 33.8 Å². The number of epoxide rings is 1. The summed E-state index contributed by atoms with van der Waals surface area (Å²) >= 11 is 0. The van der Waals surface area contributed by atoms with Gasteiger partial charge in [-0.3, -0.25) is 0 Å². The van der Waals surface area contributed by atoms with Crippen molar-refractivity contribution < 1.29 is 28.8 Å². The van der Waals surface area contributed by atoms with Crippen molar-refractivity contribution in [2.75, 3.05) is 7.11 Å². The predicted octanol–water partition coefficient (Wildman–Crippen LogP) is 3.06. The molecule has 0 bridgehead atoms. The van der Waals surface area contributed by atoms with Crippen molar-refractivity contribution in [2.45, 2.75) is 90.5 Å². The van der Waals surface area contributed by atoms with Crippen LogP contribution in [-0.2, 0) is 15.1 Å². The first-order chi connectivity index (χ1) is 14.2. The van der Waals surface area contributed by atoms with Crippen molar-refractivity contribution in [3.63, 3.8) is 0 Å². The molecule has 0 unspecified atom stereocenters. The summed E-state index contributed by atoms with van der Waals surface area (Å²) in [7, 11) is 1.47. The normalized spacial score (nSPS) is 33.6. The lowest BCUT2D eigenvalue weighted by Gasteiger charge is -2.27. The molecule has 0 aliphatic carbocycles. The van der Waals surface area contributed by atoms with E-state index in [-0.39, 0.29) is 23.6 Å². The molecule has 3 rings (SSSR count). The quantitative estimate of drug-likeness (QED) is 0.524. The van der Waals surface area contributed by atoms with E-state index in [9.17, 15) is 15.0 Å². The fraction of sp³-hybridized carbons (Fsp3) is 0.625. The van der Waals surface area contributed by atoms with Gasteiger partial charge in [0.2, 0.25) is 0 Å². The lowest BCUT2D eigenvalue weighted by molar-refractivity contribution is -0.0724. The van der Waals surface area contributed by atoms with Crippen LogP contribution >= 0.6 is 0 Å². The molecule has 6 atom stereocenters. The van der Waals surface area contributed by atoms with Gasteiger partial charge in [0, 0.05) is 5.56 Å². The van der Waals surface area contributed by atoms with Crippen LogP contribution in [0.4, 0.5) is 0 Å². The van der Waals surface area contributed by atoms with Gasteiger partial charge in [0.25, 0.3) is 0 Å². The van der Waals surface area contributed by atoms with Crippen molar-refractivity contribution in [1.82, 2.24) is 0 Å². The zero-order chi connectivity index (χ0) is 23.5. The molecule has 2 aliphatic heterocycles. The molecule has 1 aromatic heterocycles. The number of hydrogen-bond acceptors (Lipinski definition) is 7. The van der Waals surface area contributed by atoms with Gasteiger partial charge in [-0.1, -0.05) is 0 Å². The summed E-state index contributed by atoms with van der Waals surface area (Å²) in [5, 5.41) is 22.0. The smallest absolute Gasteiger partial charge is 0.342 e. The molecule has 0 aromatic carbocycles. The maximum absolute atomic E-state index is 12.2. The van der Waals surface area contributed by atoms with Crippen molar-refractivity contribution in [3.8, 4) is 5.75 Å². The molecule has 7 heteroatoms. The zero-order valence-electron chi connectivity index (χ0n) is 19.8. The Labute approximate surface area is 183 Å². The molecular formula is C24H34O7. The summed E-state index contributed by atoms with van der Waals surface area (Å²) in [6.07, 6.45) is 2.34. The van der Waals surface area contributed by atoms with E-state index in [0.717, 1.165) is 0 Å². The van der Waals surface area contributed by atoms with Gasteiger partial charge >= 0.3 is 5.63 Å². The Hall–Kier alpha value is -1.93. The SMILES string of the molecule is COc1c(C)c([C@@](C)(O)C=C(C)[C@@H](O)C(C)=C[C@]2(C)O[C@@H](C)[C@]3(C)O[C@H]32)oc(=O)c1C. The van der Waals surface area contributed by atoms with Crippen LogP contribution in [0.5, 0.6) is 5.75 Å². The van der Waals surface area contributed by atoms with Gasteiger partial charge in [-0.05, 0) is 78.7 Å². The number of fused-ring (bicyclic) bond motifs is 1. The average molecular weight is 435 g/mol. The van der Waals surface area contributed by atoms with Crippen LogP contribution in [0.25, 0.3) is 0 Å². The highest BCUT2D eigenvalue weighted by atomic mass is 16.7. The number of rotatable bonds is 6. The van der Waals surface area contributed by atoms with E-state index < -0.39 is 22.9 Å². The third kappa shape index (κ3) is 3.89. The Morgan fingerprint density at radius 2 is 1.81 bits per heavy atom. The molecule has 2 saturated heterocycles. The van der Waals surface area contributed by atoms with Crippen LogP contribution in [0.1, 0.15) is 58.4 Å². The van der Waals surface area contributed by atoms with Crippen LogP contribution < -0.4 is 10.4 Å². The molecule has 2 aliphatic rings. The molecule has 0 radical (unpaired) electrons. The Morgan fingerprint density at radius 1 is 1.19 bits per heavy atom. The number of ether oxygens (including phenoxy) is 3. The number of aliphatic hydroxyl groups is 2. The lowest BCUT2D eigenvalue weighted by Crippen LogP contribution is -2.31. The molecule has 1 aromatic rings. The van der Waals surface area contributed by atoms with E-state index in [2.05, 4.69) is 0 Å². The number of methoxy groups -OCH3 is 1. The first-order valence-electron chi connectivity index (χ1n) is 10.5. The fourth-order valence-corrected chi connectivity index (χ4v) is 4.87. The highest BCUT2D eigenvalue weighted by molar-refractivity contribution is 5.43. The minimum atomic E-state index is -1.63. The second kappa shape index (κ2) is 7.59. The minimum Gasteiger partial charge on any atom is -0.496 e. The lowest BCUT2D eigenvalue weighted by atomic mass is 9.89. The van der Waals surface area contributed by atoms with Crippen molar-refractivity contribution >= 4 is 0 Å². The molecule has 2 fully saturated rings.